The highest BCUT2D eigenvalue weighted by Crippen LogP contribution is 2.04. The number of anilines is 1. The fourth-order valence-electron chi connectivity index (χ4n) is 1.67. The highest BCUT2D eigenvalue weighted by atomic mass is 127. The molecule has 0 fully saturated rings. The molecule has 1 rings (SSSR count). The highest BCUT2D eigenvalue weighted by molar-refractivity contribution is 14.0. The minimum atomic E-state index is -0.0838. The summed E-state index contributed by atoms with van der Waals surface area (Å²) >= 11 is 0. The molecule has 130 valence electrons. The number of pyridine rings is 1. The predicted molar refractivity (Wildman–Crippen MR) is 107 cm³/mol. The van der Waals surface area contributed by atoms with E-state index in [9.17, 15) is 4.79 Å². The van der Waals surface area contributed by atoms with Crippen molar-refractivity contribution in [3.63, 3.8) is 0 Å². The van der Waals surface area contributed by atoms with E-state index in [1.54, 1.807) is 12.3 Å². The maximum Gasteiger partial charge on any atom is 0.227 e. The van der Waals surface area contributed by atoms with Gasteiger partial charge in [-0.2, -0.15) is 0 Å². The molecule has 0 aliphatic heterocycles. The second-order valence-corrected chi connectivity index (χ2v) is 5.23. The van der Waals surface area contributed by atoms with Crippen molar-refractivity contribution in [2.24, 2.45) is 4.99 Å². The van der Waals surface area contributed by atoms with E-state index >= 15 is 0 Å². The summed E-state index contributed by atoms with van der Waals surface area (Å²) in [7, 11) is 0. The molecule has 7 heteroatoms. The molecule has 3 N–H and O–H groups in total. The average molecular weight is 433 g/mol. The molecule has 0 aliphatic carbocycles. The van der Waals surface area contributed by atoms with Crippen LogP contribution >= 0.6 is 24.0 Å². The first kappa shape index (κ1) is 21.6. The fraction of sp³-hybridized carbons (Fsp3) is 0.562. The van der Waals surface area contributed by atoms with Crippen LogP contribution in [0.4, 0.5) is 5.82 Å². The number of hydrogen-bond donors (Lipinski definition) is 3. The van der Waals surface area contributed by atoms with E-state index in [1.165, 1.54) is 0 Å². The Kier molecular flexibility index (Phi) is 11.4. The van der Waals surface area contributed by atoms with Gasteiger partial charge in [-0.05, 0) is 38.8 Å². The molecular formula is C16H28IN5O. The smallest absolute Gasteiger partial charge is 0.227 e. The second-order valence-electron chi connectivity index (χ2n) is 5.23. The first-order chi connectivity index (χ1) is 10.5. The summed E-state index contributed by atoms with van der Waals surface area (Å²) in [6.45, 7) is 9.42. The molecule has 1 heterocycles. The van der Waals surface area contributed by atoms with Gasteiger partial charge in [-0.1, -0.05) is 13.0 Å². The Morgan fingerprint density at radius 1 is 1.35 bits per heavy atom. The number of carbonyl (C=O) groups is 1. The van der Waals surface area contributed by atoms with Gasteiger partial charge in [0.1, 0.15) is 5.82 Å². The van der Waals surface area contributed by atoms with Gasteiger partial charge < -0.3 is 16.0 Å². The van der Waals surface area contributed by atoms with Crippen LogP contribution in [-0.4, -0.2) is 36.0 Å². The zero-order valence-corrected chi connectivity index (χ0v) is 16.7. The zero-order chi connectivity index (χ0) is 16.4. The van der Waals surface area contributed by atoms with Crippen molar-refractivity contribution in [1.29, 1.82) is 0 Å². The molecule has 6 nitrogen and oxygen atoms in total. The van der Waals surface area contributed by atoms with Crippen molar-refractivity contribution >= 4 is 41.7 Å². The normalized spacial score (nSPS) is 12.1. The average Bonchev–Trinajstić information content (AvgIpc) is 2.49. The van der Waals surface area contributed by atoms with Crippen LogP contribution in [0.2, 0.25) is 0 Å². The van der Waals surface area contributed by atoms with Crippen LogP contribution < -0.4 is 16.0 Å². The Bertz CT molecular complexity index is 490. The van der Waals surface area contributed by atoms with Crippen molar-refractivity contribution in [3.05, 3.63) is 23.9 Å². The summed E-state index contributed by atoms with van der Waals surface area (Å²) in [5.74, 6) is 1.24. The standard InChI is InChI=1S/C16H27N5O.HI/c1-5-13(4)20-16(17-6-2)18-10-9-15(22)21-14-8-7-12(3)11-19-14;/h7-8,11,13H,5-6,9-10H2,1-4H3,(H2,17,18,20)(H,19,21,22);1H. The fourth-order valence-corrected chi connectivity index (χ4v) is 1.67. The molecule has 23 heavy (non-hydrogen) atoms. The second kappa shape index (κ2) is 12.1. The van der Waals surface area contributed by atoms with Gasteiger partial charge in [0.2, 0.25) is 5.91 Å². The number of hydrogen-bond acceptors (Lipinski definition) is 3. The van der Waals surface area contributed by atoms with E-state index < -0.39 is 0 Å². The largest absolute Gasteiger partial charge is 0.357 e. The Hall–Kier alpha value is -1.38. The van der Waals surface area contributed by atoms with Crippen LogP contribution in [0.25, 0.3) is 0 Å². The molecule has 1 aromatic rings. The first-order valence-corrected chi connectivity index (χ1v) is 7.82. The number of rotatable bonds is 7. The third-order valence-corrected chi connectivity index (χ3v) is 3.13. The summed E-state index contributed by atoms with van der Waals surface area (Å²) < 4.78 is 0. The number of amides is 1. The van der Waals surface area contributed by atoms with Crippen molar-refractivity contribution in [2.75, 3.05) is 18.4 Å². The molecule has 0 aliphatic rings. The van der Waals surface area contributed by atoms with Gasteiger partial charge >= 0.3 is 0 Å². The van der Waals surface area contributed by atoms with Gasteiger partial charge in [0.15, 0.2) is 5.96 Å². The lowest BCUT2D eigenvalue weighted by Crippen LogP contribution is -2.42. The van der Waals surface area contributed by atoms with Gasteiger partial charge in [0.25, 0.3) is 0 Å². The Labute approximate surface area is 156 Å². The van der Waals surface area contributed by atoms with Gasteiger partial charge in [-0.3, -0.25) is 9.79 Å². The SMILES string of the molecule is CCNC(=NCCC(=O)Nc1ccc(C)cn1)NC(C)CC.I. The third kappa shape index (κ3) is 9.37. The highest BCUT2D eigenvalue weighted by Gasteiger charge is 2.05. The van der Waals surface area contributed by atoms with Crippen LogP contribution in [0.1, 0.15) is 39.2 Å². The molecule has 1 aromatic heterocycles. The van der Waals surface area contributed by atoms with Crippen LogP contribution in [0, 0.1) is 6.92 Å². The maximum atomic E-state index is 11.9. The molecule has 0 radical (unpaired) electrons. The third-order valence-electron chi connectivity index (χ3n) is 3.13. The summed E-state index contributed by atoms with van der Waals surface area (Å²) in [5, 5.41) is 9.23. The van der Waals surface area contributed by atoms with E-state index in [0.717, 1.165) is 24.5 Å². The molecule has 0 saturated carbocycles. The van der Waals surface area contributed by atoms with Crippen molar-refractivity contribution in [2.45, 2.75) is 46.6 Å². The zero-order valence-electron chi connectivity index (χ0n) is 14.3. The summed E-state index contributed by atoms with van der Waals surface area (Å²) in [6, 6.07) is 4.06. The van der Waals surface area contributed by atoms with Gasteiger partial charge in [-0.15, -0.1) is 24.0 Å². The predicted octanol–water partition coefficient (Wildman–Crippen LogP) is 2.69. The number of guanidine groups is 1. The Morgan fingerprint density at radius 2 is 2.09 bits per heavy atom. The molecule has 0 aromatic carbocycles. The number of nitrogens with zero attached hydrogens (tertiary/aromatic N) is 2. The van der Waals surface area contributed by atoms with E-state index in [4.69, 9.17) is 0 Å². The Morgan fingerprint density at radius 3 is 2.65 bits per heavy atom. The maximum absolute atomic E-state index is 11.9. The number of aryl methyl sites for hydroxylation is 1. The molecular weight excluding hydrogens is 405 g/mol. The summed E-state index contributed by atoms with van der Waals surface area (Å²) in [5.41, 5.74) is 1.06. The van der Waals surface area contributed by atoms with Crippen LogP contribution in [0.3, 0.4) is 0 Å². The van der Waals surface area contributed by atoms with Crippen LogP contribution in [-0.2, 0) is 4.79 Å². The van der Waals surface area contributed by atoms with E-state index in [0.29, 0.717) is 24.8 Å². The molecule has 0 bridgehead atoms. The van der Waals surface area contributed by atoms with Gasteiger partial charge in [0.05, 0.1) is 6.54 Å². The number of nitrogens with one attached hydrogen (secondary N) is 3. The minimum Gasteiger partial charge on any atom is -0.357 e. The van der Waals surface area contributed by atoms with E-state index in [1.807, 2.05) is 19.9 Å². The quantitative estimate of drug-likeness (QED) is 0.351. The summed E-state index contributed by atoms with van der Waals surface area (Å²) in [6.07, 6.45) is 3.07. The molecule has 1 atom stereocenters. The van der Waals surface area contributed by atoms with E-state index in [2.05, 4.69) is 39.8 Å². The number of aromatic nitrogens is 1. The lowest BCUT2D eigenvalue weighted by molar-refractivity contribution is -0.116. The van der Waals surface area contributed by atoms with E-state index in [-0.39, 0.29) is 29.9 Å². The van der Waals surface area contributed by atoms with Crippen molar-refractivity contribution in [1.82, 2.24) is 15.6 Å². The number of halogens is 1. The van der Waals surface area contributed by atoms with Crippen molar-refractivity contribution in [3.8, 4) is 0 Å². The number of aliphatic imine (C=N–C) groups is 1. The number of carbonyl (C=O) groups excluding carboxylic acids is 1. The summed E-state index contributed by atoms with van der Waals surface area (Å²) in [4.78, 5) is 20.4. The molecule has 0 saturated heterocycles. The molecule has 1 unspecified atom stereocenters. The topological polar surface area (TPSA) is 78.4 Å². The monoisotopic (exact) mass is 433 g/mol. The molecule has 1 amide bonds. The first-order valence-electron chi connectivity index (χ1n) is 7.82. The van der Waals surface area contributed by atoms with Crippen molar-refractivity contribution < 1.29 is 4.79 Å². The lowest BCUT2D eigenvalue weighted by atomic mass is 10.3. The minimum absolute atomic E-state index is 0. The van der Waals surface area contributed by atoms with Crippen LogP contribution in [0.5, 0.6) is 0 Å². The van der Waals surface area contributed by atoms with Gasteiger partial charge in [-0.25, -0.2) is 4.98 Å². The lowest BCUT2D eigenvalue weighted by Gasteiger charge is -2.16. The molecule has 0 spiro atoms. The van der Waals surface area contributed by atoms with Gasteiger partial charge in [0, 0.05) is 25.2 Å². The Balaban J connectivity index is 0.00000484. The van der Waals surface area contributed by atoms with Crippen LogP contribution in [0.15, 0.2) is 23.3 Å².